The molecule has 0 saturated heterocycles. The van der Waals surface area contributed by atoms with E-state index in [4.69, 9.17) is 0 Å². The highest BCUT2D eigenvalue weighted by molar-refractivity contribution is 6.28. The van der Waals surface area contributed by atoms with Crippen LogP contribution in [-0.4, -0.2) is 28.7 Å². The first-order valence-electron chi connectivity index (χ1n) is 12.1. The molecule has 1 aliphatic rings. The van der Waals surface area contributed by atoms with Crippen LogP contribution in [0.25, 0.3) is 11.1 Å². The fraction of sp³-hybridized carbons (Fsp3) is 0.138. The Hall–Kier alpha value is -4.70. The van der Waals surface area contributed by atoms with E-state index >= 15 is 0 Å². The van der Waals surface area contributed by atoms with Crippen LogP contribution in [0.5, 0.6) is 0 Å². The number of halogens is 3. The maximum absolute atomic E-state index is 14.2. The summed E-state index contributed by atoms with van der Waals surface area (Å²) >= 11 is 0. The summed E-state index contributed by atoms with van der Waals surface area (Å²) in [5, 5.41) is 9.94. The number of urea groups is 2. The number of fused-ring (bicyclic) bond motifs is 1. The molecule has 1 aliphatic heterocycles. The molecule has 39 heavy (non-hydrogen) atoms. The predicted octanol–water partition coefficient (Wildman–Crippen LogP) is 6.98. The second kappa shape index (κ2) is 10.2. The Labute approximate surface area is 222 Å². The van der Waals surface area contributed by atoms with Gasteiger partial charge in [0.15, 0.2) is 0 Å². The monoisotopic (exact) mass is 532 g/mol. The van der Waals surface area contributed by atoms with Gasteiger partial charge in [0, 0.05) is 18.9 Å². The lowest BCUT2D eigenvalue weighted by atomic mass is 10.00. The number of aliphatic hydroxyl groups excluding tert-OH is 1. The number of aliphatic hydroxyl groups is 1. The topological polar surface area (TPSA) is 77.0 Å². The summed E-state index contributed by atoms with van der Waals surface area (Å²) in [5.74, 6) is 0. The number of benzene rings is 3. The van der Waals surface area contributed by atoms with Crippen LogP contribution >= 0.6 is 0 Å². The fourth-order valence-electron chi connectivity index (χ4n) is 4.61. The van der Waals surface area contributed by atoms with Crippen LogP contribution in [0.3, 0.4) is 0 Å². The molecule has 1 N–H and O–H groups in total. The van der Waals surface area contributed by atoms with Crippen LogP contribution in [0.1, 0.15) is 18.1 Å². The maximum Gasteiger partial charge on any atom is 0.416 e. The third-order valence-corrected chi connectivity index (χ3v) is 6.48. The molecule has 10 heteroatoms. The van der Waals surface area contributed by atoms with Gasteiger partial charge in [0.05, 0.1) is 34.9 Å². The number of carbonyl (C=O) groups excluding carboxylic acids is 2. The van der Waals surface area contributed by atoms with Gasteiger partial charge >= 0.3 is 18.2 Å². The van der Waals surface area contributed by atoms with Crippen LogP contribution in [0.4, 0.5) is 45.5 Å². The van der Waals surface area contributed by atoms with E-state index < -0.39 is 23.8 Å². The van der Waals surface area contributed by atoms with E-state index in [1.165, 1.54) is 17.0 Å². The molecule has 1 aromatic heterocycles. The average Bonchev–Trinajstić information content (AvgIpc) is 3.03. The SMILES string of the molecule is CCN1C(=O)N(c2ccc(CO)c(-c3ccncc3)c2)C(=O)N(c2ccccc2)c2cc(C(F)(F)F)ccc21. The third-order valence-electron chi connectivity index (χ3n) is 6.48. The van der Waals surface area contributed by atoms with E-state index in [0.717, 1.165) is 21.9 Å². The lowest BCUT2D eigenvalue weighted by molar-refractivity contribution is -0.137. The van der Waals surface area contributed by atoms with Crippen molar-refractivity contribution in [2.75, 3.05) is 21.2 Å². The molecule has 3 aromatic carbocycles. The number of imide groups is 1. The number of rotatable bonds is 5. The summed E-state index contributed by atoms with van der Waals surface area (Å²) in [6.07, 6.45) is -1.50. The molecule has 4 aromatic rings. The largest absolute Gasteiger partial charge is 0.416 e. The number of anilines is 4. The minimum atomic E-state index is -4.66. The molecule has 0 atom stereocenters. The molecule has 0 bridgehead atoms. The Morgan fingerprint density at radius 3 is 2.15 bits per heavy atom. The Bertz CT molecular complexity index is 1530. The van der Waals surface area contributed by atoms with Gasteiger partial charge in [0.25, 0.3) is 0 Å². The minimum Gasteiger partial charge on any atom is -0.392 e. The molecule has 7 nitrogen and oxygen atoms in total. The summed E-state index contributed by atoms with van der Waals surface area (Å²) in [4.78, 5) is 35.5. The van der Waals surface area contributed by atoms with E-state index in [0.29, 0.717) is 22.4 Å². The van der Waals surface area contributed by atoms with Crippen LogP contribution in [0.2, 0.25) is 0 Å². The van der Waals surface area contributed by atoms with Gasteiger partial charge in [-0.1, -0.05) is 24.3 Å². The van der Waals surface area contributed by atoms with Gasteiger partial charge in [0.2, 0.25) is 0 Å². The molecule has 0 fully saturated rings. The molecule has 5 rings (SSSR count). The lowest BCUT2D eigenvalue weighted by Crippen LogP contribution is -2.48. The number of hydrogen-bond donors (Lipinski definition) is 1. The Balaban J connectivity index is 1.74. The predicted molar refractivity (Wildman–Crippen MR) is 142 cm³/mol. The highest BCUT2D eigenvalue weighted by atomic mass is 19.4. The van der Waals surface area contributed by atoms with Gasteiger partial charge in [-0.25, -0.2) is 14.5 Å². The third kappa shape index (κ3) is 4.70. The molecule has 198 valence electrons. The molecule has 2 heterocycles. The normalized spacial score (nSPS) is 13.9. The van der Waals surface area contributed by atoms with Crippen molar-refractivity contribution in [3.63, 3.8) is 0 Å². The lowest BCUT2D eigenvalue weighted by Gasteiger charge is -2.28. The summed E-state index contributed by atoms with van der Waals surface area (Å²) < 4.78 is 41.2. The molecule has 4 amide bonds. The van der Waals surface area contributed by atoms with Crippen molar-refractivity contribution < 1.29 is 27.9 Å². The van der Waals surface area contributed by atoms with Crippen molar-refractivity contribution >= 4 is 34.8 Å². The summed E-state index contributed by atoms with van der Waals surface area (Å²) in [6, 6.07) is 17.8. The molecule has 0 saturated carbocycles. The molecule has 0 radical (unpaired) electrons. The van der Waals surface area contributed by atoms with E-state index in [9.17, 15) is 27.9 Å². The van der Waals surface area contributed by atoms with Crippen molar-refractivity contribution in [1.82, 2.24) is 4.98 Å². The van der Waals surface area contributed by atoms with Crippen molar-refractivity contribution in [2.45, 2.75) is 19.7 Å². The van der Waals surface area contributed by atoms with Crippen LogP contribution in [0, 0.1) is 0 Å². The zero-order chi connectivity index (χ0) is 27.7. The number of hydrogen-bond acceptors (Lipinski definition) is 4. The van der Waals surface area contributed by atoms with Gasteiger partial charge in [-0.2, -0.15) is 13.2 Å². The number of carbonyl (C=O) groups is 2. The van der Waals surface area contributed by atoms with Gasteiger partial charge < -0.3 is 5.11 Å². The summed E-state index contributed by atoms with van der Waals surface area (Å²) in [7, 11) is 0. The first-order valence-corrected chi connectivity index (χ1v) is 12.1. The number of amides is 4. The second-order valence-corrected chi connectivity index (χ2v) is 8.75. The standard InChI is InChI=1S/C29H23F3N4O3/c1-2-34-25-11-9-21(29(30,31)32)16-26(25)35(22-6-4-3-5-7-22)28(39)36(27(34)38)23-10-8-20(18-37)24(17-23)19-12-14-33-15-13-19/h3-17,37H,2,18H2,1H3. The maximum atomic E-state index is 14.2. The Morgan fingerprint density at radius 1 is 0.795 bits per heavy atom. The summed E-state index contributed by atoms with van der Waals surface area (Å²) in [6.45, 7) is 1.48. The highest BCUT2D eigenvalue weighted by Gasteiger charge is 2.41. The summed E-state index contributed by atoms with van der Waals surface area (Å²) in [5.41, 5.74) is 1.47. The van der Waals surface area contributed by atoms with Gasteiger partial charge in [-0.15, -0.1) is 0 Å². The molecule has 0 aliphatic carbocycles. The smallest absolute Gasteiger partial charge is 0.392 e. The molecule has 0 spiro atoms. The number of aromatic nitrogens is 1. The quantitative estimate of drug-likeness (QED) is 0.301. The van der Waals surface area contributed by atoms with Crippen molar-refractivity contribution in [3.8, 4) is 11.1 Å². The Kier molecular flexibility index (Phi) is 6.80. The van der Waals surface area contributed by atoms with Crippen LogP contribution in [-0.2, 0) is 12.8 Å². The zero-order valence-corrected chi connectivity index (χ0v) is 20.8. The number of nitrogens with zero attached hydrogens (tertiary/aromatic N) is 4. The number of pyridine rings is 1. The first-order chi connectivity index (χ1) is 18.7. The van der Waals surface area contributed by atoms with E-state index in [1.807, 2.05) is 0 Å². The fourth-order valence-corrected chi connectivity index (χ4v) is 4.61. The van der Waals surface area contributed by atoms with E-state index in [2.05, 4.69) is 4.98 Å². The molecular formula is C29H23F3N4O3. The molecular weight excluding hydrogens is 509 g/mol. The average molecular weight is 533 g/mol. The second-order valence-electron chi connectivity index (χ2n) is 8.75. The molecule has 0 unspecified atom stereocenters. The zero-order valence-electron chi connectivity index (χ0n) is 20.8. The van der Waals surface area contributed by atoms with Gasteiger partial charge in [-0.3, -0.25) is 14.8 Å². The van der Waals surface area contributed by atoms with Crippen molar-refractivity contribution in [3.05, 3.63) is 102 Å². The van der Waals surface area contributed by atoms with Crippen LogP contribution < -0.4 is 14.7 Å². The van der Waals surface area contributed by atoms with Crippen molar-refractivity contribution in [1.29, 1.82) is 0 Å². The van der Waals surface area contributed by atoms with Crippen LogP contribution in [0.15, 0.2) is 91.3 Å². The van der Waals surface area contributed by atoms with Crippen molar-refractivity contribution in [2.24, 2.45) is 0 Å². The van der Waals surface area contributed by atoms with Gasteiger partial charge in [0.1, 0.15) is 0 Å². The van der Waals surface area contributed by atoms with Gasteiger partial charge in [-0.05, 0) is 78.2 Å². The number of para-hydroxylation sites is 1. The minimum absolute atomic E-state index is 0.0694. The number of alkyl halides is 3. The Morgan fingerprint density at radius 2 is 1.51 bits per heavy atom. The highest BCUT2D eigenvalue weighted by Crippen LogP contribution is 2.43. The van der Waals surface area contributed by atoms with E-state index in [-0.39, 0.29) is 30.2 Å². The first kappa shape index (κ1) is 25.9. The van der Waals surface area contributed by atoms with E-state index in [1.54, 1.807) is 73.9 Å².